The molecule has 1 unspecified atom stereocenters. The number of ether oxygens (including phenoxy) is 1. The maximum atomic E-state index is 13.1. The van der Waals surface area contributed by atoms with Gasteiger partial charge in [-0.2, -0.15) is 4.98 Å². The van der Waals surface area contributed by atoms with Gasteiger partial charge >= 0.3 is 0 Å². The van der Waals surface area contributed by atoms with Gasteiger partial charge in [-0.05, 0) is 50.6 Å². The van der Waals surface area contributed by atoms with Crippen molar-refractivity contribution in [3.8, 4) is 22.9 Å². The van der Waals surface area contributed by atoms with E-state index in [0.717, 1.165) is 30.7 Å². The largest absolute Gasteiger partial charge is 0.455 e. The van der Waals surface area contributed by atoms with Crippen LogP contribution in [0.4, 0.5) is 5.69 Å². The minimum Gasteiger partial charge on any atom is -0.455 e. The molecule has 1 aliphatic rings. The Hall–Kier alpha value is -3.97. The zero-order chi connectivity index (χ0) is 24.0. The van der Waals surface area contributed by atoms with E-state index in [9.17, 15) is 4.79 Å². The van der Waals surface area contributed by atoms with Crippen molar-refractivity contribution in [1.82, 2.24) is 15.0 Å². The zero-order valence-corrected chi connectivity index (χ0v) is 19.7. The van der Waals surface area contributed by atoms with Crippen LogP contribution in [0, 0.1) is 12.8 Å². The van der Waals surface area contributed by atoms with E-state index in [0.29, 0.717) is 36.2 Å². The summed E-state index contributed by atoms with van der Waals surface area (Å²) in [4.78, 5) is 19.9. The number of piperidine rings is 1. The molecule has 1 atom stereocenters. The lowest BCUT2D eigenvalue weighted by Gasteiger charge is -2.31. The summed E-state index contributed by atoms with van der Waals surface area (Å²) in [5.74, 6) is 2.35. The van der Waals surface area contributed by atoms with Crippen molar-refractivity contribution in [2.75, 3.05) is 18.4 Å². The first kappa shape index (κ1) is 22.8. The van der Waals surface area contributed by atoms with E-state index < -0.39 is 0 Å². The molecule has 7 heteroatoms. The van der Waals surface area contributed by atoms with Crippen LogP contribution >= 0.6 is 0 Å². The van der Waals surface area contributed by atoms with Crippen molar-refractivity contribution in [1.29, 1.82) is 0 Å². The van der Waals surface area contributed by atoms with E-state index in [1.807, 2.05) is 85.8 Å². The number of amides is 1. The average Bonchev–Trinajstić information content (AvgIpc) is 3.35. The summed E-state index contributed by atoms with van der Waals surface area (Å²) in [7, 11) is 0. The van der Waals surface area contributed by atoms with Gasteiger partial charge in [-0.15, -0.1) is 0 Å². The smallest absolute Gasteiger partial charge is 0.241 e. The number of carbonyl (C=O) groups is 1. The monoisotopic (exact) mass is 468 g/mol. The highest BCUT2D eigenvalue weighted by molar-refractivity contribution is 5.94. The predicted octanol–water partition coefficient (Wildman–Crippen LogP) is 5.69. The number of aromatic nitrogens is 2. The lowest BCUT2D eigenvalue weighted by atomic mass is 9.97. The maximum Gasteiger partial charge on any atom is 0.241 e. The molecule has 1 aromatic heterocycles. The molecule has 5 rings (SSSR count). The summed E-state index contributed by atoms with van der Waals surface area (Å²) in [5, 5.41) is 7.20. The number of nitrogens with one attached hydrogen (secondary N) is 1. The number of aryl methyl sites for hydroxylation is 1. The molecular weight excluding hydrogens is 440 g/mol. The van der Waals surface area contributed by atoms with Crippen LogP contribution in [-0.2, 0) is 11.3 Å². The number of para-hydroxylation sites is 3. The van der Waals surface area contributed by atoms with Crippen LogP contribution in [0.2, 0.25) is 0 Å². The number of anilines is 1. The van der Waals surface area contributed by atoms with Crippen molar-refractivity contribution in [2.24, 2.45) is 5.92 Å². The van der Waals surface area contributed by atoms with Gasteiger partial charge in [-0.3, -0.25) is 9.69 Å². The van der Waals surface area contributed by atoms with Crippen LogP contribution in [-0.4, -0.2) is 34.0 Å². The number of hydrogen-bond acceptors (Lipinski definition) is 6. The molecule has 0 radical (unpaired) electrons. The van der Waals surface area contributed by atoms with E-state index in [1.54, 1.807) is 0 Å². The molecule has 0 bridgehead atoms. The maximum absolute atomic E-state index is 13.1. The standard InChI is InChI=1S/C28H28N4O3/c1-20-13-15-21(16-14-20)27-30-26(35-31-27)19-32-17-7-8-22(18-32)28(33)29-24-11-5-6-12-25(24)34-23-9-3-2-4-10-23/h2-6,9-16,22H,7-8,17-19H2,1H3,(H,29,33). The molecule has 1 aliphatic heterocycles. The molecule has 0 aliphatic carbocycles. The summed E-state index contributed by atoms with van der Waals surface area (Å²) in [5.41, 5.74) is 2.78. The Balaban J connectivity index is 1.21. The lowest BCUT2D eigenvalue weighted by molar-refractivity contribution is -0.121. The predicted molar refractivity (Wildman–Crippen MR) is 134 cm³/mol. The third-order valence-corrected chi connectivity index (χ3v) is 6.13. The van der Waals surface area contributed by atoms with Crippen LogP contribution in [0.1, 0.15) is 24.3 Å². The number of nitrogens with zero attached hydrogens (tertiary/aromatic N) is 3. The van der Waals surface area contributed by atoms with E-state index in [2.05, 4.69) is 20.4 Å². The number of rotatable bonds is 7. The van der Waals surface area contributed by atoms with Gasteiger partial charge in [0.15, 0.2) is 5.75 Å². The number of hydrogen-bond donors (Lipinski definition) is 1. The first-order valence-corrected chi connectivity index (χ1v) is 11.9. The Morgan fingerprint density at radius 1 is 1.06 bits per heavy atom. The molecule has 1 amide bonds. The Kier molecular flexibility index (Phi) is 6.86. The van der Waals surface area contributed by atoms with E-state index in [1.165, 1.54) is 5.56 Å². The highest BCUT2D eigenvalue weighted by atomic mass is 16.5. The zero-order valence-electron chi connectivity index (χ0n) is 19.7. The van der Waals surface area contributed by atoms with Gasteiger partial charge in [0, 0.05) is 12.1 Å². The first-order valence-electron chi connectivity index (χ1n) is 11.9. The summed E-state index contributed by atoms with van der Waals surface area (Å²) in [6.07, 6.45) is 1.77. The number of carbonyl (C=O) groups excluding carboxylic acids is 1. The minimum atomic E-state index is -0.131. The van der Waals surface area contributed by atoms with Crippen molar-refractivity contribution < 1.29 is 14.1 Å². The fourth-order valence-electron chi connectivity index (χ4n) is 4.25. The van der Waals surface area contributed by atoms with Crippen LogP contribution in [0.25, 0.3) is 11.4 Å². The van der Waals surface area contributed by atoms with Crippen molar-refractivity contribution in [3.05, 3.63) is 90.3 Å². The second kappa shape index (κ2) is 10.5. The van der Waals surface area contributed by atoms with Crippen LogP contribution in [0.3, 0.4) is 0 Å². The molecule has 1 saturated heterocycles. The van der Waals surface area contributed by atoms with Gasteiger partial charge < -0.3 is 14.6 Å². The van der Waals surface area contributed by atoms with Gasteiger partial charge in [0.05, 0.1) is 18.2 Å². The number of likely N-dealkylation sites (tertiary alicyclic amines) is 1. The van der Waals surface area contributed by atoms with Gasteiger partial charge in [-0.25, -0.2) is 0 Å². The lowest BCUT2D eigenvalue weighted by Crippen LogP contribution is -2.40. The second-order valence-corrected chi connectivity index (χ2v) is 8.85. The van der Waals surface area contributed by atoms with Gasteiger partial charge in [0.1, 0.15) is 5.75 Å². The topological polar surface area (TPSA) is 80.5 Å². The molecule has 178 valence electrons. The molecular formula is C28H28N4O3. The van der Waals surface area contributed by atoms with Crippen molar-refractivity contribution in [3.63, 3.8) is 0 Å². The molecule has 0 saturated carbocycles. The Bertz CT molecular complexity index is 1270. The van der Waals surface area contributed by atoms with Crippen LogP contribution < -0.4 is 10.1 Å². The van der Waals surface area contributed by atoms with Crippen molar-refractivity contribution in [2.45, 2.75) is 26.3 Å². The highest BCUT2D eigenvalue weighted by Crippen LogP contribution is 2.30. The Labute approximate surface area is 204 Å². The Morgan fingerprint density at radius 2 is 1.83 bits per heavy atom. The Morgan fingerprint density at radius 3 is 2.66 bits per heavy atom. The molecule has 0 spiro atoms. The van der Waals surface area contributed by atoms with E-state index in [4.69, 9.17) is 9.26 Å². The second-order valence-electron chi connectivity index (χ2n) is 8.85. The normalized spacial score (nSPS) is 16.1. The number of benzene rings is 3. The third-order valence-electron chi connectivity index (χ3n) is 6.13. The highest BCUT2D eigenvalue weighted by Gasteiger charge is 2.27. The molecule has 2 heterocycles. The fourth-order valence-corrected chi connectivity index (χ4v) is 4.25. The van der Waals surface area contributed by atoms with E-state index >= 15 is 0 Å². The molecule has 35 heavy (non-hydrogen) atoms. The summed E-state index contributed by atoms with van der Waals surface area (Å²) in [6.45, 7) is 4.09. The molecule has 1 fully saturated rings. The summed E-state index contributed by atoms with van der Waals surface area (Å²) < 4.78 is 11.5. The summed E-state index contributed by atoms with van der Waals surface area (Å²) in [6, 6.07) is 25.1. The van der Waals surface area contributed by atoms with E-state index in [-0.39, 0.29) is 11.8 Å². The molecule has 1 N–H and O–H groups in total. The van der Waals surface area contributed by atoms with Crippen LogP contribution in [0.5, 0.6) is 11.5 Å². The molecule has 3 aromatic carbocycles. The summed E-state index contributed by atoms with van der Waals surface area (Å²) >= 11 is 0. The minimum absolute atomic E-state index is 0.00955. The first-order chi connectivity index (χ1) is 17.1. The SMILES string of the molecule is Cc1ccc(-c2noc(CN3CCCC(C(=O)Nc4ccccc4Oc4ccccc4)C3)n2)cc1. The van der Waals surface area contributed by atoms with Crippen molar-refractivity contribution >= 4 is 11.6 Å². The van der Waals surface area contributed by atoms with Gasteiger partial charge in [0.25, 0.3) is 0 Å². The molecule has 4 aromatic rings. The van der Waals surface area contributed by atoms with Gasteiger partial charge in [0.2, 0.25) is 17.6 Å². The van der Waals surface area contributed by atoms with Crippen LogP contribution in [0.15, 0.2) is 83.4 Å². The fraction of sp³-hybridized carbons (Fsp3) is 0.250. The van der Waals surface area contributed by atoms with Gasteiger partial charge in [-0.1, -0.05) is 65.3 Å². The average molecular weight is 469 g/mol. The third kappa shape index (κ3) is 5.75. The molecule has 7 nitrogen and oxygen atoms in total. The quantitative estimate of drug-likeness (QED) is 0.375.